The Morgan fingerprint density at radius 2 is 2.00 bits per heavy atom. The number of sulfonamides is 1. The molecule has 10 heteroatoms. The number of aromatic nitrogens is 3. The minimum atomic E-state index is -3.50. The van der Waals surface area contributed by atoms with E-state index >= 15 is 0 Å². The monoisotopic (exact) mass is 435 g/mol. The summed E-state index contributed by atoms with van der Waals surface area (Å²) in [6.07, 6.45) is 1.93. The molecule has 3 heterocycles. The van der Waals surface area contributed by atoms with Crippen molar-refractivity contribution < 1.29 is 17.9 Å². The van der Waals surface area contributed by atoms with Crippen molar-refractivity contribution in [1.29, 1.82) is 0 Å². The van der Waals surface area contributed by atoms with Gasteiger partial charge in [0, 0.05) is 38.9 Å². The van der Waals surface area contributed by atoms with Gasteiger partial charge in [-0.25, -0.2) is 8.42 Å². The molecule has 2 saturated heterocycles. The van der Waals surface area contributed by atoms with Crippen LogP contribution in [0.2, 0.25) is 0 Å². The van der Waals surface area contributed by atoms with Crippen LogP contribution < -0.4 is 4.90 Å². The summed E-state index contributed by atoms with van der Waals surface area (Å²) >= 11 is 0. The lowest BCUT2D eigenvalue weighted by Gasteiger charge is -2.32. The van der Waals surface area contributed by atoms with E-state index in [1.807, 2.05) is 17.6 Å². The van der Waals surface area contributed by atoms with Crippen molar-refractivity contribution in [2.75, 3.05) is 51.4 Å². The molecular formula is C20H29N5O4S. The van der Waals surface area contributed by atoms with E-state index in [0.717, 1.165) is 37.4 Å². The second kappa shape index (κ2) is 9.01. The highest BCUT2D eigenvalue weighted by molar-refractivity contribution is 7.89. The molecule has 1 aromatic carbocycles. The van der Waals surface area contributed by atoms with Crippen LogP contribution in [0.1, 0.15) is 19.8 Å². The minimum Gasteiger partial charge on any atom is -0.383 e. The van der Waals surface area contributed by atoms with Crippen LogP contribution in [0, 0.1) is 0 Å². The Hall–Kier alpha value is -2.01. The SMILES string of the molecule is COCCn1c(-c2cccc(S(=O)(=O)N3CCCC3)c2)nnc1N1CCO[C@H](C)C1. The second-order valence-electron chi connectivity index (χ2n) is 7.73. The van der Waals surface area contributed by atoms with E-state index in [9.17, 15) is 8.42 Å². The minimum absolute atomic E-state index is 0.115. The van der Waals surface area contributed by atoms with Gasteiger partial charge < -0.3 is 14.4 Å². The number of rotatable bonds is 7. The smallest absolute Gasteiger partial charge is 0.243 e. The quantitative estimate of drug-likeness (QED) is 0.653. The third-order valence-electron chi connectivity index (χ3n) is 5.57. The standard InChI is InChI=1S/C20H29N5O4S/c1-16-15-23(10-13-29-16)20-22-21-19(25(20)11-12-28-2)17-6-5-7-18(14-17)30(26,27)24-8-3-4-9-24/h5-7,14,16H,3-4,8-13,15H2,1-2H3/t16-/m1/s1. The maximum atomic E-state index is 13.0. The van der Waals surface area contributed by atoms with Crippen LogP contribution in [0.5, 0.6) is 0 Å². The van der Waals surface area contributed by atoms with E-state index in [0.29, 0.717) is 43.6 Å². The van der Waals surface area contributed by atoms with Crippen molar-refractivity contribution in [3.63, 3.8) is 0 Å². The maximum absolute atomic E-state index is 13.0. The largest absolute Gasteiger partial charge is 0.383 e. The molecule has 4 rings (SSSR count). The van der Waals surface area contributed by atoms with Gasteiger partial charge in [0.15, 0.2) is 5.82 Å². The van der Waals surface area contributed by atoms with Gasteiger partial charge in [0.1, 0.15) is 0 Å². The summed E-state index contributed by atoms with van der Waals surface area (Å²) in [4.78, 5) is 2.45. The fourth-order valence-electron chi connectivity index (χ4n) is 4.00. The molecule has 2 aliphatic heterocycles. The first-order chi connectivity index (χ1) is 14.5. The van der Waals surface area contributed by atoms with Gasteiger partial charge in [-0.1, -0.05) is 12.1 Å². The van der Waals surface area contributed by atoms with Crippen LogP contribution in [0.25, 0.3) is 11.4 Å². The molecule has 0 radical (unpaired) electrons. The summed E-state index contributed by atoms with van der Waals surface area (Å²) in [7, 11) is -1.84. The molecule has 0 amide bonds. The molecule has 1 atom stereocenters. The number of anilines is 1. The Balaban J connectivity index is 1.69. The first-order valence-electron chi connectivity index (χ1n) is 10.4. The van der Waals surface area contributed by atoms with Crippen LogP contribution in [-0.2, 0) is 26.0 Å². The molecule has 30 heavy (non-hydrogen) atoms. The van der Waals surface area contributed by atoms with Crippen LogP contribution in [0.3, 0.4) is 0 Å². The Morgan fingerprint density at radius 3 is 2.73 bits per heavy atom. The highest BCUT2D eigenvalue weighted by Crippen LogP contribution is 2.28. The summed E-state index contributed by atoms with van der Waals surface area (Å²) in [6.45, 7) is 6.37. The van der Waals surface area contributed by atoms with E-state index in [-0.39, 0.29) is 6.10 Å². The molecule has 0 bridgehead atoms. The number of hydrogen-bond donors (Lipinski definition) is 0. The van der Waals surface area contributed by atoms with Gasteiger partial charge in [0.2, 0.25) is 16.0 Å². The number of nitrogens with zero attached hydrogens (tertiary/aromatic N) is 5. The number of methoxy groups -OCH3 is 1. The van der Waals surface area contributed by atoms with Gasteiger partial charge in [-0.05, 0) is 31.9 Å². The van der Waals surface area contributed by atoms with Crippen molar-refractivity contribution in [2.45, 2.75) is 37.3 Å². The van der Waals surface area contributed by atoms with Crippen molar-refractivity contribution in [1.82, 2.24) is 19.1 Å². The van der Waals surface area contributed by atoms with Crippen LogP contribution >= 0.6 is 0 Å². The molecule has 164 valence electrons. The number of benzene rings is 1. The van der Waals surface area contributed by atoms with Crippen LogP contribution in [-0.4, -0.2) is 80.1 Å². The van der Waals surface area contributed by atoms with E-state index in [4.69, 9.17) is 9.47 Å². The zero-order valence-corrected chi connectivity index (χ0v) is 18.3. The van der Waals surface area contributed by atoms with Gasteiger partial charge in [-0.3, -0.25) is 4.57 Å². The summed E-state index contributed by atoms with van der Waals surface area (Å²) in [6, 6.07) is 7.00. The Morgan fingerprint density at radius 1 is 1.20 bits per heavy atom. The second-order valence-corrected chi connectivity index (χ2v) is 9.67. The van der Waals surface area contributed by atoms with Gasteiger partial charge in [-0.2, -0.15) is 4.31 Å². The lowest BCUT2D eigenvalue weighted by molar-refractivity contribution is 0.0523. The van der Waals surface area contributed by atoms with Crippen molar-refractivity contribution in [3.8, 4) is 11.4 Å². The summed E-state index contributed by atoms with van der Waals surface area (Å²) in [5.41, 5.74) is 0.728. The Bertz CT molecular complexity index is 971. The Labute approximate surface area is 177 Å². The lowest BCUT2D eigenvalue weighted by atomic mass is 10.2. The molecule has 0 N–H and O–H groups in total. The zero-order valence-electron chi connectivity index (χ0n) is 17.5. The van der Waals surface area contributed by atoms with E-state index in [2.05, 4.69) is 15.1 Å². The van der Waals surface area contributed by atoms with E-state index in [1.54, 1.807) is 29.6 Å². The number of ether oxygens (including phenoxy) is 2. The maximum Gasteiger partial charge on any atom is 0.243 e. The summed E-state index contributed by atoms with van der Waals surface area (Å²) < 4.78 is 40.5. The van der Waals surface area contributed by atoms with Crippen LogP contribution in [0.15, 0.2) is 29.2 Å². The highest BCUT2D eigenvalue weighted by Gasteiger charge is 2.28. The predicted molar refractivity (Wildman–Crippen MR) is 113 cm³/mol. The average Bonchev–Trinajstić information content (AvgIpc) is 3.43. The molecule has 2 aliphatic rings. The van der Waals surface area contributed by atoms with Gasteiger partial charge in [-0.15, -0.1) is 10.2 Å². The van der Waals surface area contributed by atoms with Crippen LogP contribution in [0.4, 0.5) is 5.95 Å². The average molecular weight is 436 g/mol. The molecule has 0 saturated carbocycles. The van der Waals surface area contributed by atoms with Gasteiger partial charge in [0.05, 0.1) is 30.8 Å². The van der Waals surface area contributed by atoms with Gasteiger partial charge >= 0.3 is 0 Å². The zero-order chi connectivity index (χ0) is 21.1. The fraction of sp³-hybridized carbons (Fsp3) is 0.600. The lowest BCUT2D eigenvalue weighted by Crippen LogP contribution is -2.42. The van der Waals surface area contributed by atoms with Crippen molar-refractivity contribution in [2.24, 2.45) is 0 Å². The molecule has 0 unspecified atom stereocenters. The third kappa shape index (κ3) is 4.22. The molecule has 0 spiro atoms. The van der Waals surface area contributed by atoms with Gasteiger partial charge in [0.25, 0.3) is 0 Å². The Kier molecular flexibility index (Phi) is 6.37. The van der Waals surface area contributed by atoms with E-state index in [1.165, 1.54) is 0 Å². The number of morpholine rings is 1. The molecule has 2 fully saturated rings. The van der Waals surface area contributed by atoms with Crippen molar-refractivity contribution in [3.05, 3.63) is 24.3 Å². The third-order valence-corrected chi connectivity index (χ3v) is 7.46. The highest BCUT2D eigenvalue weighted by atomic mass is 32.2. The normalized spacial score (nSPS) is 20.7. The molecule has 0 aliphatic carbocycles. The number of hydrogen-bond acceptors (Lipinski definition) is 7. The molecular weight excluding hydrogens is 406 g/mol. The molecule has 2 aromatic rings. The predicted octanol–water partition coefficient (Wildman–Crippen LogP) is 1.60. The fourth-order valence-corrected chi connectivity index (χ4v) is 5.57. The molecule has 1 aromatic heterocycles. The first kappa shape index (κ1) is 21.2. The summed E-state index contributed by atoms with van der Waals surface area (Å²) in [5.74, 6) is 1.39. The van der Waals surface area contributed by atoms with Crippen molar-refractivity contribution >= 4 is 16.0 Å². The van der Waals surface area contributed by atoms with E-state index < -0.39 is 10.0 Å². The molecule has 9 nitrogen and oxygen atoms in total. The first-order valence-corrected chi connectivity index (χ1v) is 11.8. The topological polar surface area (TPSA) is 89.8 Å². The summed E-state index contributed by atoms with van der Waals surface area (Å²) in [5, 5.41) is 8.87.